The van der Waals surface area contributed by atoms with E-state index < -0.39 is 0 Å². The molecule has 2 aromatic carbocycles. The summed E-state index contributed by atoms with van der Waals surface area (Å²) in [5.74, 6) is 0.0982. The van der Waals surface area contributed by atoms with Crippen LogP contribution in [0.15, 0.2) is 54.6 Å². The first-order valence-electron chi connectivity index (χ1n) is 8.25. The molecule has 0 bridgehead atoms. The van der Waals surface area contributed by atoms with E-state index in [1.807, 2.05) is 35.2 Å². The number of urea groups is 1. The Morgan fingerprint density at radius 3 is 2.28 bits per heavy atom. The molecule has 25 heavy (non-hydrogen) atoms. The van der Waals surface area contributed by atoms with Crippen LogP contribution < -0.4 is 5.32 Å². The Morgan fingerprint density at radius 2 is 1.60 bits per heavy atom. The Hall–Kier alpha value is -2.53. The van der Waals surface area contributed by atoms with Crippen molar-refractivity contribution in [3.63, 3.8) is 0 Å². The van der Waals surface area contributed by atoms with Crippen LogP contribution in [0.25, 0.3) is 0 Å². The third-order valence-corrected chi connectivity index (χ3v) is 4.43. The molecule has 0 aromatic heterocycles. The molecule has 2 aromatic rings. The lowest BCUT2D eigenvalue weighted by Gasteiger charge is -2.34. The molecule has 0 radical (unpaired) electrons. The molecular formula is C19H20ClN3O2. The second kappa shape index (κ2) is 8.03. The summed E-state index contributed by atoms with van der Waals surface area (Å²) in [7, 11) is 0. The number of nitrogens with zero attached hydrogens (tertiary/aromatic N) is 2. The van der Waals surface area contributed by atoms with E-state index in [9.17, 15) is 9.59 Å². The highest BCUT2D eigenvalue weighted by Crippen LogP contribution is 2.16. The number of amides is 3. The number of nitrogens with one attached hydrogen (secondary N) is 1. The van der Waals surface area contributed by atoms with Gasteiger partial charge in [-0.05, 0) is 23.8 Å². The second-order valence-electron chi connectivity index (χ2n) is 5.97. The summed E-state index contributed by atoms with van der Waals surface area (Å²) in [6.45, 7) is 2.14. The third-order valence-electron chi connectivity index (χ3n) is 4.19. The first kappa shape index (κ1) is 17.3. The summed E-state index contributed by atoms with van der Waals surface area (Å²) >= 11 is 5.93. The molecule has 0 spiro atoms. The SMILES string of the molecule is O=C(Cc1ccccc1)N1CCN(C(=O)Nc2cccc(Cl)c2)CC1. The number of rotatable bonds is 3. The van der Waals surface area contributed by atoms with Crippen LogP contribution in [0.2, 0.25) is 5.02 Å². The van der Waals surface area contributed by atoms with Gasteiger partial charge >= 0.3 is 6.03 Å². The molecule has 3 amide bonds. The number of piperazine rings is 1. The lowest BCUT2D eigenvalue weighted by Crippen LogP contribution is -2.52. The minimum atomic E-state index is -0.169. The van der Waals surface area contributed by atoms with Crippen molar-refractivity contribution >= 4 is 29.2 Å². The summed E-state index contributed by atoms with van der Waals surface area (Å²) in [5, 5.41) is 3.41. The fourth-order valence-corrected chi connectivity index (χ4v) is 3.00. The van der Waals surface area contributed by atoms with Gasteiger partial charge in [0.15, 0.2) is 0 Å². The van der Waals surface area contributed by atoms with Gasteiger partial charge in [0.05, 0.1) is 6.42 Å². The average molecular weight is 358 g/mol. The van der Waals surface area contributed by atoms with E-state index in [-0.39, 0.29) is 11.9 Å². The van der Waals surface area contributed by atoms with E-state index in [0.717, 1.165) is 5.56 Å². The number of benzene rings is 2. The number of hydrogen-bond donors (Lipinski definition) is 1. The highest BCUT2D eigenvalue weighted by atomic mass is 35.5. The summed E-state index contributed by atoms with van der Waals surface area (Å²) in [6, 6.07) is 16.6. The van der Waals surface area contributed by atoms with Gasteiger partial charge in [0.2, 0.25) is 5.91 Å². The van der Waals surface area contributed by atoms with Gasteiger partial charge in [-0.25, -0.2) is 4.79 Å². The van der Waals surface area contributed by atoms with Crippen LogP contribution in [-0.4, -0.2) is 47.9 Å². The Kier molecular flexibility index (Phi) is 5.56. The van der Waals surface area contributed by atoms with Crippen LogP contribution in [0, 0.1) is 0 Å². The van der Waals surface area contributed by atoms with Crippen molar-refractivity contribution in [1.82, 2.24) is 9.80 Å². The fourth-order valence-electron chi connectivity index (χ4n) is 2.81. The molecule has 1 N–H and O–H groups in total. The highest BCUT2D eigenvalue weighted by molar-refractivity contribution is 6.30. The number of carbonyl (C=O) groups excluding carboxylic acids is 2. The average Bonchev–Trinajstić information content (AvgIpc) is 2.62. The van der Waals surface area contributed by atoms with E-state index in [1.165, 1.54) is 0 Å². The van der Waals surface area contributed by atoms with Crippen LogP contribution in [0.4, 0.5) is 10.5 Å². The summed E-state index contributed by atoms with van der Waals surface area (Å²) in [6.07, 6.45) is 0.398. The predicted octanol–water partition coefficient (Wildman–Crippen LogP) is 3.26. The second-order valence-corrected chi connectivity index (χ2v) is 6.41. The maximum Gasteiger partial charge on any atom is 0.321 e. The van der Waals surface area contributed by atoms with Crippen LogP contribution in [-0.2, 0) is 11.2 Å². The van der Waals surface area contributed by atoms with E-state index in [1.54, 1.807) is 29.2 Å². The molecule has 1 aliphatic heterocycles. The Balaban J connectivity index is 1.49. The molecule has 1 saturated heterocycles. The monoisotopic (exact) mass is 357 g/mol. The number of halogens is 1. The molecule has 0 saturated carbocycles. The van der Waals surface area contributed by atoms with Crippen molar-refractivity contribution in [1.29, 1.82) is 0 Å². The molecule has 130 valence electrons. The van der Waals surface area contributed by atoms with E-state index >= 15 is 0 Å². The minimum Gasteiger partial charge on any atom is -0.339 e. The summed E-state index contributed by atoms with van der Waals surface area (Å²) in [4.78, 5) is 28.2. The maximum atomic E-state index is 12.4. The molecule has 6 heteroatoms. The molecule has 5 nitrogen and oxygen atoms in total. The van der Waals surface area contributed by atoms with Gasteiger partial charge < -0.3 is 15.1 Å². The van der Waals surface area contributed by atoms with Crippen LogP contribution in [0.3, 0.4) is 0 Å². The Morgan fingerprint density at radius 1 is 0.920 bits per heavy atom. The summed E-state index contributed by atoms with van der Waals surface area (Å²) in [5.41, 5.74) is 1.67. The van der Waals surface area contributed by atoms with Gasteiger partial charge in [0, 0.05) is 36.9 Å². The molecule has 0 aliphatic carbocycles. The van der Waals surface area contributed by atoms with Crippen molar-refractivity contribution in [2.24, 2.45) is 0 Å². The van der Waals surface area contributed by atoms with E-state index in [4.69, 9.17) is 11.6 Å². The van der Waals surface area contributed by atoms with Gasteiger partial charge in [-0.3, -0.25) is 4.79 Å². The predicted molar refractivity (Wildman–Crippen MR) is 98.8 cm³/mol. The zero-order valence-corrected chi connectivity index (χ0v) is 14.6. The van der Waals surface area contributed by atoms with Gasteiger partial charge in [-0.1, -0.05) is 48.0 Å². The van der Waals surface area contributed by atoms with Crippen molar-refractivity contribution in [2.45, 2.75) is 6.42 Å². The van der Waals surface area contributed by atoms with Crippen LogP contribution in [0.1, 0.15) is 5.56 Å². The zero-order chi connectivity index (χ0) is 17.6. The zero-order valence-electron chi connectivity index (χ0n) is 13.8. The molecular weight excluding hydrogens is 338 g/mol. The van der Waals surface area contributed by atoms with Crippen molar-refractivity contribution in [3.8, 4) is 0 Å². The molecule has 1 heterocycles. The number of anilines is 1. The van der Waals surface area contributed by atoms with Crippen molar-refractivity contribution < 1.29 is 9.59 Å². The Labute approximate surface area is 152 Å². The first-order chi connectivity index (χ1) is 12.1. The van der Waals surface area contributed by atoms with Crippen LogP contribution >= 0.6 is 11.6 Å². The van der Waals surface area contributed by atoms with E-state index in [0.29, 0.717) is 43.3 Å². The van der Waals surface area contributed by atoms with Crippen molar-refractivity contribution in [3.05, 3.63) is 65.2 Å². The normalized spacial score (nSPS) is 14.3. The minimum absolute atomic E-state index is 0.0982. The maximum absolute atomic E-state index is 12.4. The molecule has 0 atom stereocenters. The number of carbonyl (C=O) groups is 2. The van der Waals surface area contributed by atoms with Crippen molar-refractivity contribution in [2.75, 3.05) is 31.5 Å². The first-order valence-corrected chi connectivity index (χ1v) is 8.63. The van der Waals surface area contributed by atoms with Gasteiger partial charge in [0.1, 0.15) is 0 Å². The fraction of sp³-hybridized carbons (Fsp3) is 0.263. The molecule has 0 unspecified atom stereocenters. The molecule has 1 aliphatic rings. The van der Waals surface area contributed by atoms with Gasteiger partial charge in [0.25, 0.3) is 0 Å². The van der Waals surface area contributed by atoms with E-state index in [2.05, 4.69) is 5.32 Å². The van der Waals surface area contributed by atoms with Gasteiger partial charge in [-0.2, -0.15) is 0 Å². The smallest absolute Gasteiger partial charge is 0.321 e. The highest BCUT2D eigenvalue weighted by Gasteiger charge is 2.24. The standard InChI is InChI=1S/C19H20ClN3O2/c20-16-7-4-8-17(14-16)21-19(25)23-11-9-22(10-12-23)18(24)13-15-5-2-1-3-6-15/h1-8,14H,9-13H2,(H,21,25). The lowest BCUT2D eigenvalue weighted by molar-refractivity contribution is -0.131. The summed E-state index contributed by atoms with van der Waals surface area (Å²) < 4.78 is 0. The molecule has 3 rings (SSSR count). The lowest BCUT2D eigenvalue weighted by atomic mass is 10.1. The molecule has 1 fully saturated rings. The quantitative estimate of drug-likeness (QED) is 0.916. The topological polar surface area (TPSA) is 52.7 Å². The van der Waals surface area contributed by atoms with Crippen LogP contribution in [0.5, 0.6) is 0 Å². The largest absolute Gasteiger partial charge is 0.339 e. The Bertz CT molecular complexity index is 743. The third kappa shape index (κ3) is 4.73. The number of hydrogen-bond acceptors (Lipinski definition) is 2. The van der Waals surface area contributed by atoms with Gasteiger partial charge in [-0.15, -0.1) is 0 Å².